The van der Waals surface area contributed by atoms with Crippen LogP contribution in [0.2, 0.25) is 0 Å². The van der Waals surface area contributed by atoms with E-state index >= 15 is 0 Å². The molecular formula is C24H39N6O7P. The lowest BCUT2D eigenvalue weighted by Crippen LogP contribution is -2.47. The molecule has 0 aliphatic heterocycles. The highest BCUT2D eigenvalue weighted by Crippen LogP contribution is 2.53. The van der Waals surface area contributed by atoms with Crippen LogP contribution >= 0.6 is 7.52 Å². The fourth-order valence-corrected chi connectivity index (χ4v) is 5.70. The number of hydrogen-bond donors (Lipinski definition) is 2. The Labute approximate surface area is 222 Å². The smallest absolute Gasteiger partial charge is 0.326 e. The van der Waals surface area contributed by atoms with Crippen LogP contribution in [-0.2, 0) is 39.4 Å². The Balaban J connectivity index is 1.72. The third-order valence-corrected chi connectivity index (χ3v) is 7.83. The maximum Gasteiger partial charge on any atom is 0.326 e. The van der Waals surface area contributed by atoms with Crippen molar-refractivity contribution in [3.8, 4) is 0 Å². The molecule has 2 heterocycles. The average Bonchev–Trinajstić information content (AvgIpc) is 3.50. The Bertz CT molecular complexity index is 1190. The first-order valence-corrected chi connectivity index (χ1v) is 14.5. The fourth-order valence-electron chi connectivity index (χ4n) is 3.65. The standard InChI is InChI=1S/C24H39N6O7P/c1-15(2)36-21(31)23(6,7)29-38(33,35-11-24(8-9-24)22(32)37-16(3)4)14-34-17(5)10-30-13-28-18-19(25)26-12-27-20(18)30/h12-13,15-17H,8-11,14H2,1-7H3,(H,29,33)(H2,25,26,27)/t17-,38+/m1/s1. The predicted molar refractivity (Wildman–Crippen MR) is 140 cm³/mol. The number of rotatable bonds is 14. The number of esters is 2. The molecule has 1 aliphatic rings. The van der Waals surface area contributed by atoms with Gasteiger partial charge in [0.1, 0.15) is 23.7 Å². The molecule has 38 heavy (non-hydrogen) atoms. The molecule has 1 saturated carbocycles. The zero-order valence-corrected chi connectivity index (χ0v) is 24.0. The van der Waals surface area contributed by atoms with Crippen LogP contribution in [0.15, 0.2) is 12.7 Å². The third-order valence-electron chi connectivity index (χ3n) is 5.89. The number of nitrogen functional groups attached to an aromatic ring is 1. The number of nitrogens with one attached hydrogen (secondary N) is 1. The summed E-state index contributed by atoms with van der Waals surface area (Å²) in [5.74, 6) is -0.711. The lowest BCUT2D eigenvalue weighted by atomic mass is 10.1. The van der Waals surface area contributed by atoms with Crippen LogP contribution in [0.4, 0.5) is 5.82 Å². The summed E-state index contributed by atoms with van der Waals surface area (Å²) in [6, 6.07) is 0. The normalized spacial score (nSPS) is 17.4. The molecule has 3 rings (SSSR count). The average molecular weight is 555 g/mol. The van der Waals surface area contributed by atoms with Crippen LogP contribution in [0.1, 0.15) is 61.3 Å². The van der Waals surface area contributed by atoms with E-state index in [-0.39, 0.29) is 36.9 Å². The molecule has 0 amide bonds. The van der Waals surface area contributed by atoms with Crippen molar-refractivity contribution < 1.29 is 32.9 Å². The minimum Gasteiger partial charge on any atom is -0.462 e. The van der Waals surface area contributed by atoms with Gasteiger partial charge in [-0.25, -0.2) is 20.0 Å². The minimum atomic E-state index is -3.82. The van der Waals surface area contributed by atoms with Crippen LogP contribution in [0.25, 0.3) is 11.2 Å². The van der Waals surface area contributed by atoms with Crippen molar-refractivity contribution in [3.05, 3.63) is 12.7 Å². The topological polar surface area (TPSA) is 170 Å². The van der Waals surface area contributed by atoms with E-state index in [1.54, 1.807) is 59.4 Å². The lowest BCUT2D eigenvalue weighted by molar-refractivity contribution is -0.156. The van der Waals surface area contributed by atoms with E-state index in [2.05, 4.69) is 20.0 Å². The molecule has 2 atom stereocenters. The SMILES string of the molecule is CC(C)OC(=O)C1(CO[P@@](=O)(CO[C@H](C)Cn2cnc3c(N)ncnc32)NC(C)(C)C(=O)OC(C)C)CC1. The molecule has 1 fully saturated rings. The van der Waals surface area contributed by atoms with Gasteiger partial charge in [-0.05, 0) is 61.3 Å². The highest BCUT2D eigenvalue weighted by Gasteiger charge is 2.53. The van der Waals surface area contributed by atoms with E-state index in [9.17, 15) is 14.2 Å². The summed E-state index contributed by atoms with van der Waals surface area (Å²) >= 11 is 0. The van der Waals surface area contributed by atoms with Gasteiger partial charge in [0.15, 0.2) is 11.5 Å². The summed E-state index contributed by atoms with van der Waals surface area (Å²) in [5, 5.41) is 2.83. The molecular weight excluding hydrogens is 515 g/mol. The molecule has 14 heteroatoms. The Kier molecular flexibility index (Phi) is 9.18. The van der Waals surface area contributed by atoms with E-state index in [4.69, 9.17) is 24.5 Å². The first-order valence-electron chi connectivity index (χ1n) is 12.6. The van der Waals surface area contributed by atoms with Crippen molar-refractivity contribution in [3.63, 3.8) is 0 Å². The summed E-state index contributed by atoms with van der Waals surface area (Å²) in [6.07, 6.45) is 2.61. The molecule has 0 aromatic carbocycles. The van der Waals surface area contributed by atoms with Crippen LogP contribution in [-0.4, -0.2) is 68.3 Å². The highest BCUT2D eigenvalue weighted by molar-refractivity contribution is 7.56. The molecule has 2 aromatic heterocycles. The third kappa shape index (κ3) is 7.49. The molecule has 0 saturated heterocycles. The second kappa shape index (κ2) is 11.6. The van der Waals surface area contributed by atoms with E-state index in [0.29, 0.717) is 30.6 Å². The number of aromatic nitrogens is 4. The molecule has 2 aromatic rings. The Morgan fingerprint density at radius 2 is 1.79 bits per heavy atom. The minimum absolute atomic E-state index is 0.127. The number of ether oxygens (including phenoxy) is 3. The van der Waals surface area contributed by atoms with Gasteiger partial charge in [-0.2, -0.15) is 0 Å². The van der Waals surface area contributed by atoms with Gasteiger partial charge < -0.3 is 29.0 Å². The lowest BCUT2D eigenvalue weighted by Gasteiger charge is -2.31. The predicted octanol–water partition coefficient (Wildman–Crippen LogP) is 3.03. The van der Waals surface area contributed by atoms with Crippen molar-refractivity contribution in [2.75, 3.05) is 18.7 Å². The quantitative estimate of drug-likeness (QED) is 0.259. The van der Waals surface area contributed by atoms with Crippen molar-refractivity contribution in [2.45, 2.75) is 91.7 Å². The van der Waals surface area contributed by atoms with Gasteiger partial charge in [-0.1, -0.05) is 0 Å². The molecule has 13 nitrogen and oxygen atoms in total. The van der Waals surface area contributed by atoms with Gasteiger partial charge in [0.05, 0.1) is 43.2 Å². The van der Waals surface area contributed by atoms with Crippen LogP contribution in [0.5, 0.6) is 0 Å². The van der Waals surface area contributed by atoms with Crippen molar-refractivity contribution in [2.24, 2.45) is 5.41 Å². The summed E-state index contributed by atoms with van der Waals surface area (Å²) in [6.45, 7) is 12.1. The van der Waals surface area contributed by atoms with Gasteiger partial charge in [0.2, 0.25) is 0 Å². The molecule has 1 aliphatic carbocycles. The number of nitrogens with two attached hydrogens (primary N) is 1. The number of carbonyl (C=O) groups excluding carboxylic acids is 2. The van der Waals surface area contributed by atoms with Crippen molar-refractivity contribution in [1.29, 1.82) is 0 Å². The molecule has 0 radical (unpaired) electrons. The second-order valence-corrected chi connectivity index (χ2v) is 12.9. The van der Waals surface area contributed by atoms with Crippen molar-refractivity contribution >= 4 is 36.4 Å². The van der Waals surface area contributed by atoms with E-state index in [0.717, 1.165) is 0 Å². The Morgan fingerprint density at radius 1 is 1.13 bits per heavy atom. The van der Waals surface area contributed by atoms with Crippen LogP contribution in [0, 0.1) is 5.41 Å². The number of hydrogen-bond acceptors (Lipinski definition) is 11. The van der Waals surface area contributed by atoms with E-state index < -0.39 is 30.5 Å². The fraction of sp³-hybridized carbons (Fsp3) is 0.708. The first-order chi connectivity index (χ1) is 17.7. The summed E-state index contributed by atoms with van der Waals surface area (Å²) in [5.41, 5.74) is 4.67. The summed E-state index contributed by atoms with van der Waals surface area (Å²) in [7, 11) is -3.82. The van der Waals surface area contributed by atoms with Gasteiger partial charge in [0.25, 0.3) is 7.52 Å². The maximum atomic E-state index is 14.0. The zero-order chi connectivity index (χ0) is 28.3. The Morgan fingerprint density at radius 3 is 2.39 bits per heavy atom. The first kappa shape index (κ1) is 29.9. The van der Waals surface area contributed by atoms with Gasteiger partial charge in [-0.3, -0.25) is 14.2 Å². The highest BCUT2D eigenvalue weighted by atomic mass is 31.2. The summed E-state index contributed by atoms with van der Waals surface area (Å²) < 4.78 is 38.3. The molecule has 3 N–H and O–H groups in total. The largest absolute Gasteiger partial charge is 0.462 e. The molecule has 0 spiro atoms. The molecule has 0 bridgehead atoms. The number of nitrogens with zero attached hydrogens (tertiary/aromatic N) is 4. The number of imidazole rings is 1. The maximum absolute atomic E-state index is 14.0. The van der Waals surface area contributed by atoms with Gasteiger partial charge >= 0.3 is 11.9 Å². The van der Waals surface area contributed by atoms with E-state index in [1.165, 1.54) is 6.33 Å². The second-order valence-electron chi connectivity index (χ2n) is 10.8. The van der Waals surface area contributed by atoms with Gasteiger partial charge in [0, 0.05) is 0 Å². The number of fused-ring (bicyclic) bond motifs is 1. The van der Waals surface area contributed by atoms with Crippen LogP contribution < -0.4 is 10.8 Å². The summed E-state index contributed by atoms with van der Waals surface area (Å²) in [4.78, 5) is 37.7. The number of carbonyl (C=O) groups is 2. The van der Waals surface area contributed by atoms with Crippen LogP contribution in [0.3, 0.4) is 0 Å². The zero-order valence-electron chi connectivity index (χ0n) is 23.1. The monoisotopic (exact) mass is 554 g/mol. The molecule has 212 valence electrons. The van der Waals surface area contributed by atoms with E-state index in [1.807, 2.05) is 0 Å². The Hall–Kier alpha value is -2.60. The molecule has 0 unspecified atom stereocenters. The van der Waals surface area contributed by atoms with Gasteiger partial charge in [-0.15, -0.1) is 0 Å². The number of anilines is 1. The van der Waals surface area contributed by atoms with Crippen molar-refractivity contribution in [1.82, 2.24) is 24.6 Å².